The van der Waals surface area contributed by atoms with Crippen LogP contribution in [0.15, 0.2) is 194 Å². The first-order valence-corrected chi connectivity index (χ1v) is 19.7. The number of nitrogens with zero attached hydrogens (tertiary/aromatic N) is 2. The molecule has 0 saturated heterocycles. The fourth-order valence-electron chi connectivity index (χ4n) is 9.01. The van der Waals surface area contributed by atoms with Crippen LogP contribution in [0.4, 0.5) is 0 Å². The molecule has 0 atom stereocenters. The topological polar surface area (TPSA) is 9.86 Å². The van der Waals surface area contributed by atoms with Crippen LogP contribution in [0.25, 0.3) is 108 Å². The van der Waals surface area contributed by atoms with Crippen molar-refractivity contribution in [3.8, 4) is 33.6 Å². The van der Waals surface area contributed by atoms with Gasteiger partial charge in [0, 0.05) is 48.4 Å². The van der Waals surface area contributed by atoms with Crippen molar-refractivity contribution in [2.45, 2.75) is 0 Å². The van der Waals surface area contributed by atoms with Crippen LogP contribution in [-0.4, -0.2) is 9.13 Å². The van der Waals surface area contributed by atoms with Crippen molar-refractivity contribution in [2.24, 2.45) is 0 Å². The van der Waals surface area contributed by atoms with Gasteiger partial charge in [-0.05, 0) is 93.7 Å². The Balaban J connectivity index is 1.17. The lowest BCUT2D eigenvalue weighted by molar-refractivity contribution is 1.18. The van der Waals surface area contributed by atoms with Gasteiger partial charge in [0.25, 0.3) is 0 Å². The lowest BCUT2D eigenvalue weighted by Gasteiger charge is -2.12. The van der Waals surface area contributed by atoms with Crippen molar-refractivity contribution in [1.82, 2.24) is 9.13 Å². The number of aromatic nitrogens is 2. The lowest BCUT2D eigenvalue weighted by Crippen LogP contribution is -1.95. The largest absolute Gasteiger partial charge is 0.309 e. The van der Waals surface area contributed by atoms with E-state index in [1.54, 1.807) is 0 Å². The van der Waals surface area contributed by atoms with Crippen LogP contribution in [0, 0.1) is 0 Å². The normalized spacial score (nSPS) is 12.0. The zero-order chi connectivity index (χ0) is 36.0. The molecule has 256 valence electrons. The van der Waals surface area contributed by atoms with Gasteiger partial charge in [-0.3, -0.25) is 0 Å². The van der Waals surface area contributed by atoms with Crippen molar-refractivity contribution < 1.29 is 0 Å². The monoisotopic (exact) mass is 716 g/mol. The summed E-state index contributed by atoms with van der Waals surface area (Å²) in [4.78, 5) is 0. The Morgan fingerprint density at radius 2 is 1.02 bits per heavy atom. The predicted molar refractivity (Wildman–Crippen MR) is 236 cm³/mol. The Bertz CT molecular complexity index is 3490. The number of hydrogen-bond acceptors (Lipinski definition) is 1. The third-order valence-corrected chi connectivity index (χ3v) is 12.7. The van der Waals surface area contributed by atoms with Gasteiger partial charge < -0.3 is 9.13 Å². The van der Waals surface area contributed by atoms with E-state index in [2.05, 4.69) is 203 Å². The number of para-hydroxylation sites is 2. The lowest BCUT2D eigenvalue weighted by atomic mass is 9.95. The van der Waals surface area contributed by atoms with E-state index in [9.17, 15) is 0 Å². The van der Waals surface area contributed by atoms with Crippen LogP contribution in [0.3, 0.4) is 0 Å². The molecule has 3 heterocycles. The molecule has 0 amide bonds. The first-order chi connectivity index (χ1) is 27.3. The summed E-state index contributed by atoms with van der Waals surface area (Å²) in [6.45, 7) is 0. The Morgan fingerprint density at radius 3 is 1.89 bits per heavy atom. The second kappa shape index (κ2) is 11.8. The molecule has 0 spiro atoms. The highest BCUT2D eigenvalue weighted by atomic mass is 32.1. The van der Waals surface area contributed by atoms with Gasteiger partial charge >= 0.3 is 0 Å². The summed E-state index contributed by atoms with van der Waals surface area (Å²) < 4.78 is 7.57. The summed E-state index contributed by atoms with van der Waals surface area (Å²) in [5.74, 6) is 0. The molecule has 0 radical (unpaired) electrons. The third kappa shape index (κ3) is 4.54. The highest BCUT2D eigenvalue weighted by Gasteiger charge is 2.23. The molecule has 0 aliphatic rings. The quantitative estimate of drug-likeness (QED) is 0.172. The zero-order valence-corrected chi connectivity index (χ0v) is 30.6. The second-order valence-electron chi connectivity index (χ2n) is 14.5. The van der Waals surface area contributed by atoms with Crippen LogP contribution >= 0.6 is 11.3 Å². The van der Waals surface area contributed by atoms with Crippen molar-refractivity contribution in [3.05, 3.63) is 194 Å². The van der Waals surface area contributed by atoms with E-state index in [-0.39, 0.29) is 0 Å². The summed E-state index contributed by atoms with van der Waals surface area (Å²) >= 11 is 1.90. The van der Waals surface area contributed by atoms with Gasteiger partial charge in [-0.25, -0.2) is 0 Å². The Morgan fingerprint density at radius 1 is 0.345 bits per heavy atom. The smallest absolute Gasteiger partial charge is 0.0726 e. The van der Waals surface area contributed by atoms with Crippen molar-refractivity contribution in [2.75, 3.05) is 0 Å². The first-order valence-electron chi connectivity index (χ1n) is 18.8. The van der Waals surface area contributed by atoms with E-state index in [1.165, 1.54) is 102 Å². The Kier molecular flexibility index (Phi) is 6.54. The van der Waals surface area contributed by atoms with Crippen LogP contribution < -0.4 is 0 Å². The molecule has 55 heavy (non-hydrogen) atoms. The van der Waals surface area contributed by atoms with Crippen LogP contribution in [0.2, 0.25) is 0 Å². The molecular formula is C52H32N2S. The molecule has 12 rings (SSSR count). The molecule has 0 bridgehead atoms. The summed E-state index contributed by atoms with van der Waals surface area (Å²) in [7, 11) is 0. The maximum atomic E-state index is 2.52. The number of rotatable bonds is 4. The third-order valence-electron chi connectivity index (χ3n) is 11.5. The van der Waals surface area contributed by atoms with Crippen LogP contribution in [0.5, 0.6) is 0 Å². The Labute approximate surface area is 321 Å². The standard InChI is InChI=1S/C52H32N2S/c1-2-13-33(14-3-1)36-17-12-18-38(29-36)53-46-22-9-6-19-40(46)44-31-37(26-28-48(44)53)43-32-45-41-20-8-11-24-49(41)55-52(45)51-50(43)42-21-7-10-23-47(42)54(51)39-27-25-34-15-4-5-16-35(34)30-39/h1-32H. The molecule has 0 saturated carbocycles. The summed E-state index contributed by atoms with van der Waals surface area (Å²) in [6, 6.07) is 71.4. The molecule has 3 heteroatoms. The fraction of sp³-hybridized carbons (Fsp3) is 0. The Hall–Kier alpha value is -6.94. The van der Waals surface area contributed by atoms with E-state index >= 15 is 0 Å². The van der Waals surface area contributed by atoms with E-state index in [1.807, 2.05) is 11.3 Å². The molecule has 2 nitrogen and oxygen atoms in total. The molecule has 0 aliphatic heterocycles. The highest BCUT2D eigenvalue weighted by Crippen LogP contribution is 2.48. The molecule has 12 aromatic rings. The maximum Gasteiger partial charge on any atom is 0.0726 e. The summed E-state index contributed by atoms with van der Waals surface area (Å²) in [5, 5.41) is 10.2. The minimum absolute atomic E-state index is 1.16. The predicted octanol–water partition coefficient (Wildman–Crippen LogP) is 14.7. The molecule has 9 aromatic carbocycles. The van der Waals surface area contributed by atoms with E-state index in [0.29, 0.717) is 0 Å². The van der Waals surface area contributed by atoms with Crippen molar-refractivity contribution >= 4 is 85.9 Å². The van der Waals surface area contributed by atoms with Gasteiger partial charge in [0.1, 0.15) is 0 Å². The summed E-state index contributed by atoms with van der Waals surface area (Å²) in [6.07, 6.45) is 0. The number of hydrogen-bond donors (Lipinski definition) is 0. The number of thiophene rings is 1. The molecular weight excluding hydrogens is 685 g/mol. The second-order valence-corrected chi connectivity index (χ2v) is 15.6. The summed E-state index contributed by atoms with van der Waals surface area (Å²) in [5.41, 5.74) is 12.1. The molecule has 3 aromatic heterocycles. The highest BCUT2D eigenvalue weighted by molar-refractivity contribution is 7.26. The first kappa shape index (κ1) is 30.5. The van der Waals surface area contributed by atoms with Gasteiger partial charge in [-0.1, -0.05) is 133 Å². The van der Waals surface area contributed by atoms with E-state index in [0.717, 1.165) is 5.69 Å². The molecule has 0 aliphatic carbocycles. The number of benzene rings is 9. The van der Waals surface area contributed by atoms with Crippen LogP contribution in [-0.2, 0) is 0 Å². The molecule has 0 fully saturated rings. The molecule has 0 N–H and O–H groups in total. The van der Waals surface area contributed by atoms with Gasteiger partial charge in [0.15, 0.2) is 0 Å². The SMILES string of the molecule is c1ccc(-c2cccc(-n3c4ccccc4c4cc(-c5cc6c7ccccc7sc6c6c5c5ccccc5n6-c5ccc6ccccc6c5)ccc43)c2)cc1. The van der Waals surface area contributed by atoms with Gasteiger partial charge in [-0.2, -0.15) is 0 Å². The van der Waals surface area contributed by atoms with E-state index in [4.69, 9.17) is 0 Å². The van der Waals surface area contributed by atoms with Gasteiger partial charge in [0.2, 0.25) is 0 Å². The molecule has 0 unspecified atom stereocenters. The van der Waals surface area contributed by atoms with Crippen molar-refractivity contribution in [3.63, 3.8) is 0 Å². The number of fused-ring (bicyclic) bond motifs is 11. The zero-order valence-electron chi connectivity index (χ0n) is 29.8. The average Bonchev–Trinajstić information content (AvgIpc) is 3.91. The van der Waals surface area contributed by atoms with Gasteiger partial charge in [-0.15, -0.1) is 11.3 Å². The minimum Gasteiger partial charge on any atom is -0.309 e. The van der Waals surface area contributed by atoms with E-state index < -0.39 is 0 Å². The van der Waals surface area contributed by atoms with Crippen molar-refractivity contribution in [1.29, 1.82) is 0 Å². The fourth-order valence-corrected chi connectivity index (χ4v) is 10.2. The van der Waals surface area contributed by atoms with Gasteiger partial charge in [0.05, 0.1) is 26.8 Å². The average molecular weight is 717 g/mol. The maximum absolute atomic E-state index is 2.52. The van der Waals surface area contributed by atoms with Crippen LogP contribution in [0.1, 0.15) is 0 Å². The minimum atomic E-state index is 1.16.